The summed E-state index contributed by atoms with van der Waals surface area (Å²) in [7, 11) is 0. The summed E-state index contributed by atoms with van der Waals surface area (Å²) in [6, 6.07) is 21.6. The number of piperazine rings is 1. The van der Waals surface area contributed by atoms with Crippen LogP contribution in [-0.4, -0.2) is 71.2 Å². The fourth-order valence-electron chi connectivity index (χ4n) is 6.94. The van der Waals surface area contributed by atoms with E-state index >= 15 is 0 Å². The molecule has 1 N–H and O–H groups in total. The Morgan fingerprint density at radius 2 is 1.69 bits per heavy atom. The first-order chi connectivity index (χ1) is 21.8. The molecule has 1 amide bonds. The summed E-state index contributed by atoms with van der Waals surface area (Å²) >= 11 is 0. The van der Waals surface area contributed by atoms with Crippen LogP contribution in [0, 0.1) is 12.7 Å². The van der Waals surface area contributed by atoms with Crippen LogP contribution in [0.15, 0.2) is 72.9 Å². The Labute approximate surface area is 265 Å². The van der Waals surface area contributed by atoms with Crippen molar-refractivity contribution in [2.75, 3.05) is 32.8 Å². The van der Waals surface area contributed by atoms with Gasteiger partial charge in [-0.25, -0.2) is 4.39 Å². The second kappa shape index (κ2) is 14.0. The number of piperidine rings is 2. The monoisotopic (exact) mass is 612 g/mol. The maximum atomic E-state index is 13.5. The number of carbonyl (C=O) groups excluding carboxylic acids is 1. The van der Waals surface area contributed by atoms with Gasteiger partial charge in [0.1, 0.15) is 23.9 Å². The standard InChI is InChI=1S/C37H45FN4O3/c1-26(2)45-35-10-5-9-33-34(37(43)39-22-28-8-4-7-27(3)21-28)25-42(36(33)35)18-6-17-40-23-31-14-13-30(40)24-41(31)19-20-44-32-15-11-29(38)12-16-32/h4-5,7-12,15-16,21,25-26,30-31H,6,13-14,17-20,22-24H2,1-3H3,(H,39,43)/t30-,31-/m1/s1. The van der Waals surface area contributed by atoms with Crippen molar-refractivity contribution in [1.82, 2.24) is 19.7 Å². The van der Waals surface area contributed by atoms with Crippen molar-refractivity contribution in [1.29, 1.82) is 0 Å². The van der Waals surface area contributed by atoms with E-state index in [1.54, 1.807) is 12.1 Å². The second-order valence-corrected chi connectivity index (χ2v) is 12.8. The van der Waals surface area contributed by atoms with Crippen molar-refractivity contribution in [2.45, 2.75) is 71.3 Å². The maximum Gasteiger partial charge on any atom is 0.253 e. The van der Waals surface area contributed by atoms with Gasteiger partial charge in [-0.2, -0.15) is 0 Å². The van der Waals surface area contributed by atoms with Crippen LogP contribution in [0.4, 0.5) is 4.39 Å². The van der Waals surface area contributed by atoms with E-state index in [9.17, 15) is 9.18 Å². The summed E-state index contributed by atoms with van der Waals surface area (Å²) in [5.41, 5.74) is 3.94. The Morgan fingerprint density at radius 3 is 2.40 bits per heavy atom. The first-order valence-corrected chi connectivity index (χ1v) is 16.3. The third kappa shape index (κ3) is 7.51. The summed E-state index contributed by atoms with van der Waals surface area (Å²) in [4.78, 5) is 18.7. The predicted molar refractivity (Wildman–Crippen MR) is 177 cm³/mol. The fraction of sp³-hybridized carbons (Fsp3) is 0.432. The number of halogens is 1. The van der Waals surface area contributed by atoms with Gasteiger partial charge in [0.2, 0.25) is 0 Å². The Kier molecular flexibility index (Phi) is 9.71. The van der Waals surface area contributed by atoms with E-state index in [-0.39, 0.29) is 17.8 Å². The van der Waals surface area contributed by atoms with Crippen molar-refractivity contribution in [3.8, 4) is 11.5 Å². The number of ether oxygens (including phenoxy) is 2. The van der Waals surface area contributed by atoms with Crippen molar-refractivity contribution >= 4 is 16.8 Å². The molecule has 0 spiro atoms. The van der Waals surface area contributed by atoms with Gasteiger partial charge in [-0.15, -0.1) is 0 Å². The van der Waals surface area contributed by atoms with Gasteiger partial charge >= 0.3 is 0 Å². The summed E-state index contributed by atoms with van der Waals surface area (Å²) in [5, 5.41) is 4.06. The Bertz CT molecular complexity index is 1600. The lowest BCUT2D eigenvalue weighted by Crippen LogP contribution is -2.63. The van der Waals surface area contributed by atoms with Gasteiger partial charge in [-0.3, -0.25) is 14.6 Å². The molecule has 3 aliphatic heterocycles. The average Bonchev–Trinajstić information content (AvgIpc) is 3.41. The van der Waals surface area contributed by atoms with Crippen molar-refractivity contribution in [2.24, 2.45) is 0 Å². The van der Waals surface area contributed by atoms with Gasteiger partial charge < -0.3 is 19.4 Å². The highest BCUT2D eigenvalue weighted by atomic mass is 19.1. The minimum absolute atomic E-state index is 0.0329. The van der Waals surface area contributed by atoms with Crippen LogP contribution in [0.25, 0.3) is 10.9 Å². The maximum absolute atomic E-state index is 13.5. The van der Waals surface area contributed by atoms with E-state index in [4.69, 9.17) is 9.47 Å². The number of rotatable bonds is 13. The molecule has 2 atom stereocenters. The smallest absolute Gasteiger partial charge is 0.253 e. The molecule has 4 heterocycles. The van der Waals surface area contributed by atoms with Gasteiger partial charge in [0.25, 0.3) is 5.91 Å². The minimum Gasteiger partial charge on any atom is -0.492 e. The number of carbonyl (C=O) groups is 1. The van der Waals surface area contributed by atoms with Crippen LogP contribution in [0.2, 0.25) is 0 Å². The van der Waals surface area contributed by atoms with Crippen LogP contribution in [0.5, 0.6) is 11.5 Å². The van der Waals surface area contributed by atoms with E-state index in [2.05, 4.69) is 38.7 Å². The lowest BCUT2D eigenvalue weighted by atomic mass is 9.90. The molecule has 0 unspecified atom stereocenters. The third-order valence-electron chi connectivity index (χ3n) is 9.07. The molecule has 7 nitrogen and oxygen atoms in total. The first-order valence-electron chi connectivity index (χ1n) is 16.3. The van der Waals surface area contributed by atoms with Gasteiger partial charge in [-0.1, -0.05) is 42.0 Å². The van der Waals surface area contributed by atoms with Crippen LogP contribution in [0.3, 0.4) is 0 Å². The average molecular weight is 613 g/mol. The molecule has 3 aromatic carbocycles. The first kappa shape index (κ1) is 31.1. The van der Waals surface area contributed by atoms with E-state index in [0.717, 1.165) is 61.4 Å². The van der Waals surface area contributed by atoms with Crippen LogP contribution < -0.4 is 14.8 Å². The molecule has 45 heavy (non-hydrogen) atoms. The predicted octanol–water partition coefficient (Wildman–Crippen LogP) is 6.42. The molecule has 1 aromatic heterocycles. The Morgan fingerprint density at radius 1 is 0.956 bits per heavy atom. The highest BCUT2D eigenvalue weighted by Crippen LogP contribution is 2.32. The number of nitrogens with one attached hydrogen (secondary N) is 1. The lowest BCUT2D eigenvalue weighted by molar-refractivity contribution is -0.0259. The number of hydrogen-bond acceptors (Lipinski definition) is 5. The zero-order chi connectivity index (χ0) is 31.3. The van der Waals surface area contributed by atoms with Crippen LogP contribution >= 0.6 is 0 Å². The Hall–Kier alpha value is -3.88. The SMILES string of the molecule is Cc1cccc(CNC(=O)c2cn(CCCN3C[C@H]4CC[C@@H]3CN4CCOc3ccc(F)cc3)c3c(OC(C)C)cccc23)c1. The number of hydrogen-bond donors (Lipinski definition) is 1. The van der Waals surface area contributed by atoms with E-state index < -0.39 is 0 Å². The molecule has 238 valence electrons. The number of aryl methyl sites for hydroxylation is 2. The van der Waals surface area contributed by atoms with E-state index in [1.807, 2.05) is 50.4 Å². The zero-order valence-corrected chi connectivity index (χ0v) is 26.7. The number of amides is 1. The van der Waals surface area contributed by atoms with Crippen molar-refractivity contribution in [3.63, 3.8) is 0 Å². The van der Waals surface area contributed by atoms with Crippen molar-refractivity contribution < 1.29 is 18.7 Å². The van der Waals surface area contributed by atoms with Gasteiger partial charge in [-0.05, 0) is 75.9 Å². The van der Waals surface area contributed by atoms with Crippen LogP contribution in [0.1, 0.15) is 54.6 Å². The molecule has 3 fully saturated rings. The number of nitrogens with zero attached hydrogens (tertiary/aromatic N) is 3. The topological polar surface area (TPSA) is 59.0 Å². The lowest BCUT2D eigenvalue weighted by Gasteiger charge is -2.51. The minimum atomic E-state index is -0.245. The molecule has 2 bridgehead atoms. The second-order valence-electron chi connectivity index (χ2n) is 12.8. The fourth-order valence-corrected chi connectivity index (χ4v) is 6.94. The molecular weight excluding hydrogens is 567 g/mol. The third-order valence-corrected chi connectivity index (χ3v) is 9.07. The number of benzene rings is 3. The van der Waals surface area contributed by atoms with Gasteiger partial charge in [0, 0.05) is 62.9 Å². The normalized spacial score (nSPS) is 18.5. The van der Waals surface area contributed by atoms with Gasteiger partial charge in [0.15, 0.2) is 0 Å². The van der Waals surface area contributed by atoms with E-state index in [1.165, 1.54) is 30.5 Å². The number of fused-ring (bicyclic) bond motifs is 4. The number of aromatic nitrogens is 1. The zero-order valence-electron chi connectivity index (χ0n) is 26.7. The Balaban J connectivity index is 1.08. The molecule has 8 heteroatoms. The molecule has 4 aromatic rings. The largest absolute Gasteiger partial charge is 0.492 e. The van der Waals surface area contributed by atoms with Gasteiger partial charge in [0.05, 0.1) is 17.2 Å². The summed E-state index contributed by atoms with van der Waals surface area (Å²) in [6.45, 7) is 12.1. The summed E-state index contributed by atoms with van der Waals surface area (Å²) in [5.74, 6) is 1.21. The highest BCUT2D eigenvalue weighted by molar-refractivity contribution is 6.08. The van der Waals surface area contributed by atoms with Crippen LogP contribution in [-0.2, 0) is 13.1 Å². The molecule has 0 aliphatic carbocycles. The summed E-state index contributed by atoms with van der Waals surface area (Å²) < 4.78 is 27.5. The summed E-state index contributed by atoms with van der Waals surface area (Å²) in [6.07, 6.45) is 5.47. The molecule has 0 radical (unpaired) electrons. The molecular formula is C37H45FN4O3. The molecule has 3 aliphatic rings. The quantitative estimate of drug-likeness (QED) is 0.189. The highest BCUT2D eigenvalue weighted by Gasteiger charge is 2.38. The molecule has 0 saturated carbocycles. The van der Waals surface area contributed by atoms with E-state index in [0.29, 0.717) is 36.5 Å². The van der Waals surface area contributed by atoms with Crippen molar-refractivity contribution in [3.05, 3.63) is 95.4 Å². The number of para-hydroxylation sites is 1. The molecule has 3 saturated heterocycles. The molecule has 7 rings (SSSR count).